The van der Waals surface area contributed by atoms with Gasteiger partial charge >= 0.3 is 12.2 Å². The van der Waals surface area contributed by atoms with Crippen molar-refractivity contribution in [1.29, 1.82) is 5.26 Å². The zero-order valence-corrected chi connectivity index (χ0v) is 34.8. The second-order valence-corrected chi connectivity index (χ2v) is 15.4. The smallest absolute Gasteiger partial charge is 0.407 e. The number of ether oxygens (including phenoxy) is 2. The quantitative estimate of drug-likeness (QED) is 0.0840. The van der Waals surface area contributed by atoms with Crippen molar-refractivity contribution < 1.29 is 37.4 Å². The molecule has 64 heavy (non-hydrogen) atoms. The summed E-state index contributed by atoms with van der Waals surface area (Å²) >= 11 is 0. The van der Waals surface area contributed by atoms with Crippen LogP contribution in [0, 0.1) is 16.7 Å². The molecule has 344 valence electrons. The summed E-state index contributed by atoms with van der Waals surface area (Å²) < 4.78 is 41.8. The van der Waals surface area contributed by atoms with Crippen LogP contribution in [0.3, 0.4) is 0 Å². The van der Waals surface area contributed by atoms with Gasteiger partial charge in [0, 0.05) is 29.8 Å². The Bertz CT molecular complexity index is 2470. The molecule has 1 saturated carbocycles. The van der Waals surface area contributed by atoms with Crippen molar-refractivity contribution >= 4 is 35.0 Å². The maximum absolute atomic E-state index is 16.3. The number of nitriles is 1. The van der Waals surface area contributed by atoms with Gasteiger partial charge in [-0.2, -0.15) is 14.0 Å². The first-order chi connectivity index (χ1) is 29.2. The van der Waals surface area contributed by atoms with E-state index in [2.05, 4.69) is 60.8 Å². The normalized spacial score (nSPS) is 13.1. The molecule has 3 aromatic carbocycles. The van der Waals surface area contributed by atoms with E-state index in [4.69, 9.17) is 5.26 Å². The standard InChI is InChI=1S/C41H41F2N9O6.C3H8.3CH4/c1-40(11-12-40)23-52(37(54)20-47-39(56)58-3)22-35-48-31-10-7-25(17-32(31)49-35)24-5-8-27-28-9-6-26(16-30(28)41(42,43)29(27)15-24)33-18-45-34(50-33)21-51(14-4-13-44)36(53)19-46-38(55)57-2;1-3-2;;;/h5-10,15-18H,4,11-12,14,19-23H2,1-3H3,(H,45,50)(H,46,55)(H,47,56)(H,48,49);3H2,1-2H3;3*1H4. The third-order valence-electron chi connectivity index (χ3n) is 10.5. The van der Waals surface area contributed by atoms with E-state index < -0.39 is 24.0 Å². The zero-order valence-electron chi connectivity index (χ0n) is 34.8. The first-order valence-corrected chi connectivity index (χ1v) is 20.0. The minimum atomic E-state index is -3.31. The lowest BCUT2D eigenvalue weighted by Gasteiger charge is -2.25. The highest BCUT2D eigenvalue weighted by Crippen LogP contribution is 2.52. The van der Waals surface area contributed by atoms with E-state index in [0.717, 1.165) is 12.8 Å². The maximum Gasteiger partial charge on any atom is 0.407 e. The van der Waals surface area contributed by atoms with Crippen LogP contribution in [0.2, 0.25) is 0 Å². The molecule has 0 unspecified atom stereocenters. The van der Waals surface area contributed by atoms with E-state index >= 15 is 8.78 Å². The topological polar surface area (TPSA) is 198 Å². The SMILES string of the molecule is C.C.C.CCC.COC(=O)NCC(=O)N(CCC#N)Cc1ncc(-c2ccc3c(c2)C(F)(F)c2cc(-c4ccc5nc(CN(CC6(C)CC6)C(=O)CNC(=O)OC)[nH]c5c4)ccc2-3)[nH]1. The number of alkyl halides is 2. The molecule has 17 heteroatoms. The molecule has 0 saturated heterocycles. The number of benzene rings is 3. The van der Waals surface area contributed by atoms with Crippen LogP contribution in [0.25, 0.3) is 44.5 Å². The van der Waals surface area contributed by atoms with E-state index in [-0.39, 0.29) is 83.9 Å². The lowest BCUT2D eigenvalue weighted by molar-refractivity contribution is -0.132. The number of H-pyrrole nitrogens is 2. The van der Waals surface area contributed by atoms with Crippen molar-refractivity contribution in [2.24, 2.45) is 5.41 Å². The Morgan fingerprint density at radius 3 is 1.91 bits per heavy atom. The van der Waals surface area contributed by atoms with Gasteiger partial charge in [0.05, 0.1) is 62.7 Å². The number of imidazole rings is 2. The highest BCUT2D eigenvalue weighted by Gasteiger charge is 2.45. The molecule has 0 aliphatic heterocycles. The van der Waals surface area contributed by atoms with Crippen molar-refractivity contribution in [3.63, 3.8) is 0 Å². The van der Waals surface area contributed by atoms with E-state index in [1.165, 1.54) is 43.9 Å². The third kappa shape index (κ3) is 11.8. The van der Waals surface area contributed by atoms with Gasteiger partial charge < -0.3 is 39.9 Å². The minimum absolute atomic E-state index is 0. The maximum atomic E-state index is 16.3. The molecule has 4 amide bonds. The average Bonchev–Trinajstić information content (AvgIpc) is 3.53. The van der Waals surface area contributed by atoms with Gasteiger partial charge in [0.1, 0.15) is 24.7 Å². The Labute approximate surface area is 373 Å². The molecule has 2 aliphatic rings. The van der Waals surface area contributed by atoms with Crippen molar-refractivity contribution in [3.8, 4) is 39.6 Å². The lowest BCUT2D eigenvalue weighted by Crippen LogP contribution is -2.42. The summed E-state index contributed by atoms with van der Waals surface area (Å²) in [5.41, 5.74) is 4.14. The van der Waals surface area contributed by atoms with E-state index in [1.807, 2.05) is 24.3 Å². The number of hydrogen-bond donors (Lipinski definition) is 4. The highest BCUT2D eigenvalue weighted by atomic mass is 19.3. The molecule has 5 aromatic rings. The van der Waals surface area contributed by atoms with Crippen molar-refractivity contribution in [2.45, 2.75) is 87.7 Å². The van der Waals surface area contributed by atoms with Gasteiger partial charge in [-0.05, 0) is 64.8 Å². The minimum Gasteiger partial charge on any atom is -0.453 e. The summed E-state index contributed by atoms with van der Waals surface area (Å²) in [6, 6.07) is 17.3. The summed E-state index contributed by atoms with van der Waals surface area (Å²) in [4.78, 5) is 67.4. The molecule has 2 aromatic heterocycles. The number of methoxy groups -OCH3 is 2. The summed E-state index contributed by atoms with van der Waals surface area (Å²) in [6.07, 6.45) is 3.33. The molecule has 2 heterocycles. The van der Waals surface area contributed by atoms with Crippen LogP contribution in [0.15, 0.2) is 60.8 Å². The molecular formula is C47H61F2N9O6. The molecular weight excluding hydrogens is 825 g/mol. The predicted molar refractivity (Wildman–Crippen MR) is 243 cm³/mol. The number of fused-ring (bicyclic) bond motifs is 4. The van der Waals surface area contributed by atoms with Crippen LogP contribution in [0.1, 0.15) is 91.5 Å². The van der Waals surface area contributed by atoms with Gasteiger partial charge in [0.2, 0.25) is 11.8 Å². The van der Waals surface area contributed by atoms with Crippen LogP contribution in [-0.4, -0.2) is 94.1 Å². The van der Waals surface area contributed by atoms with Crippen LogP contribution in [0.4, 0.5) is 18.4 Å². The fourth-order valence-corrected chi connectivity index (χ4v) is 7.04. The van der Waals surface area contributed by atoms with E-state index in [9.17, 15) is 19.2 Å². The highest BCUT2D eigenvalue weighted by molar-refractivity contribution is 5.87. The fraction of sp³-hybridized carbons (Fsp3) is 0.426. The van der Waals surface area contributed by atoms with Gasteiger partial charge in [-0.25, -0.2) is 19.6 Å². The van der Waals surface area contributed by atoms with Crippen molar-refractivity contribution in [1.82, 2.24) is 40.4 Å². The van der Waals surface area contributed by atoms with Crippen LogP contribution >= 0.6 is 0 Å². The molecule has 4 N–H and O–H groups in total. The summed E-state index contributed by atoms with van der Waals surface area (Å²) in [7, 11) is 2.41. The Hall–Kier alpha value is -6.83. The van der Waals surface area contributed by atoms with Gasteiger partial charge in [0.25, 0.3) is 5.92 Å². The van der Waals surface area contributed by atoms with Gasteiger partial charge in [-0.15, -0.1) is 0 Å². The molecule has 7 rings (SSSR count). The number of hydrogen-bond acceptors (Lipinski definition) is 9. The third-order valence-corrected chi connectivity index (χ3v) is 10.5. The number of halogens is 2. The Kier molecular flexibility index (Phi) is 17.7. The number of aromatic amines is 2. The first kappa shape index (κ1) is 51.5. The molecule has 0 bridgehead atoms. The van der Waals surface area contributed by atoms with Crippen molar-refractivity contribution in [2.75, 3.05) is 40.4 Å². The number of alkyl carbamates (subject to hydrolysis) is 2. The number of carbonyl (C=O) groups is 4. The monoisotopic (exact) mass is 885 g/mol. The summed E-state index contributed by atoms with van der Waals surface area (Å²) in [5, 5.41) is 13.8. The molecule has 0 atom stereocenters. The predicted octanol–water partition coefficient (Wildman–Crippen LogP) is 9.15. The number of carbonyl (C=O) groups excluding carboxylic acids is 4. The number of amides is 4. The number of nitrogens with one attached hydrogen (secondary N) is 4. The molecule has 15 nitrogen and oxygen atoms in total. The first-order valence-electron chi connectivity index (χ1n) is 20.0. The fourth-order valence-electron chi connectivity index (χ4n) is 7.04. The Morgan fingerprint density at radius 1 is 0.797 bits per heavy atom. The molecule has 0 spiro atoms. The summed E-state index contributed by atoms with van der Waals surface area (Å²) in [6.45, 7) is 6.61. The largest absolute Gasteiger partial charge is 0.453 e. The number of nitrogens with zero attached hydrogens (tertiary/aromatic N) is 5. The van der Waals surface area contributed by atoms with Crippen molar-refractivity contribution in [3.05, 3.63) is 83.6 Å². The van der Waals surface area contributed by atoms with E-state index in [0.29, 0.717) is 62.7 Å². The Balaban J connectivity index is 0.00000177. The zero-order chi connectivity index (χ0) is 43.9. The number of rotatable bonds is 14. The number of aromatic nitrogens is 4. The van der Waals surface area contributed by atoms with Crippen LogP contribution < -0.4 is 10.6 Å². The molecule has 2 aliphatic carbocycles. The average molecular weight is 886 g/mol. The van der Waals surface area contributed by atoms with Crippen LogP contribution in [0.5, 0.6) is 0 Å². The van der Waals surface area contributed by atoms with E-state index in [1.54, 1.807) is 29.2 Å². The second-order valence-electron chi connectivity index (χ2n) is 15.4. The second kappa shape index (κ2) is 22.0. The van der Waals surface area contributed by atoms with Gasteiger partial charge in [-0.3, -0.25) is 9.59 Å². The van der Waals surface area contributed by atoms with Crippen LogP contribution in [-0.2, 0) is 38.1 Å². The molecule has 1 fully saturated rings. The summed E-state index contributed by atoms with van der Waals surface area (Å²) in [5.74, 6) is -3.11. The van der Waals surface area contributed by atoms with Gasteiger partial charge in [-0.1, -0.05) is 79.8 Å². The lowest BCUT2D eigenvalue weighted by atomic mass is 9.98. The van der Waals surface area contributed by atoms with Gasteiger partial charge in [0.15, 0.2) is 0 Å². The molecule has 0 radical (unpaired) electrons. The Morgan fingerprint density at radius 2 is 1.33 bits per heavy atom.